The van der Waals surface area contributed by atoms with Gasteiger partial charge < -0.3 is 26.8 Å². The molecule has 0 aromatic heterocycles. The van der Waals surface area contributed by atoms with Crippen molar-refractivity contribution in [2.24, 2.45) is 35.0 Å². The molecule has 28 heavy (non-hydrogen) atoms. The number of nitrogens with two attached hydrogens (primary N) is 3. The van der Waals surface area contributed by atoms with Gasteiger partial charge in [0.15, 0.2) is 0 Å². The van der Waals surface area contributed by atoms with Crippen molar-refractivity contribution in [1.82, 2.24) is 4.90 Å². The molecule has 2 unspecified atom stereocenters. The van der Waals surface area contributed by atoms with Crippen molar-refractivity contribution in [3.63, 3.8) is 0 Å². The lowest BCUT2D eigenvalue weighted by Gasteiger charge is -2.32. The molecule has 3 fully saturated rings. The standard InChI is InChI=1S/C13H19B4NO.C4H8ClN3.CH4/c14-12(15)8-13(16,17)11-7-18(6-10(11)12)5-9-1-3-19-4-2-9;5-3(6)1-2-4(7)8;/h9-11H,1-8H2;1-2H,6-8H2;1H4/b;3-1-;. The molecule has 2 atom stereocenters. The zero-order chi connectivity index (χ0) is 20.2. The van der Waals surface area contributed by atoms with E-state index in [1.807, 2.05) is 0 Å². The Balaban J connectivity index is 0.000000376. The molecule has 0 aromatic carbocycles. The fourth-order valence-corrected chi connectivity index (χ4v) is 4.45. The molecule has 0 spiro atoms. The number of ether oxygens (including phenoxy) is 1. The highest BCUT2D eigenvalue weighted by Crippen LogP contribution is 2.61. The van der Waals surface area contributed by atoms with Crippen LogP contribution in [0.15, 0.2) is 23.1 Å². The molecule has 0 amide bonds. The molecule has 2 aliphatic heterocycles. The second-order valence-corrected chi connectivity index (χ2v) is 8.54. The van der Waals surface area contributed by atoms with Crippen molar-refractivity contribution in [3.05, 3.63) is 23.1 Å². The predicted molar refractivity (Wildman–Crippen MR) is 121 cm³/mol. The van der Waals surface area contributed by atoms with Crippen LogP contribution in [-0.2, 0) is 4.74 Å². The molecule has 0 aromatic rings. The summed E-state index contributed by atoms with van der Waals surface area (Å²) in [5.74, 6) is 1.36. The highest BCUT2D eigenvalue weighted by molar-refractivity contribution is 6.45. The molecule has 148 valence electrons. The third-order valence-electron chi connectivity index (χ3n) is 5.68. The summed E-state index contributed by atoms with van der Waals surface area (Å²) in [6.07, 6.45) is 5.65. The van der Waals surface area contributed by atoms with Gasteiger partial charge in [0.1, 0.15) is 0 Å². The second-order valence-electron chi connectivity index (χ2n) is 8.11. The quantitative estimate of drug-likeness (QED) is 0.370. The van der Waals surface area contributed by atoms with E-state index in [1.165, 1.54) is 12.2 Å². The fourth-order valence-electron chi connectivity index (χ4n) is 4.39. The lowest BCUT2D eigenvalue weighted by atomic mass is 9.45. The molecule has 2 heterocycles. The van der Waals surface area contributed by atoms with Crippen molar-refractivity contribution >= 4 is 43.0 Å². The fraction of sp³-hybridized carbons (Fsp3) is 0.778. The maximum atomic E-state index is 6.21. The van der Waals surface area contributed by atoms with Crippen LogP contribution >= 0.6 is 11.6 Å². The van der Waals surface area contributed by atoms with E-state index in [0.717, 1.165) is 51.6 Å². The van der Waals surface area contributed by atoms with Gasteiger partial charge in [-0.15, -0.1) is 0 Å². The van der Waals surface area contributed by atoms with Crippen LogP contribution in [0.3, 0.4) is 0 Å². The summed E-state index contributed by atoms with van der Waals surface area (Å²) in [7, 11) is 24.8. The number of nitrogens with zero attached hydrogens (tertiary/aromatic N) is 1. The summed E-state index contributed by atoms with van der Waals surface area (Å²) in [6, 6.07) is 0. The first-order valence-corrected chi connectivity index (χ1v) is 9.68. The highest BCUT2D eigenvalue weighted by Gasteiger charge is 2.54. The minimum atomic E-state index is -0.710. The van der Waals surface area contributed by atoms with Crippen LogP contribution in [0.25, 0.3) is 0 Å². The van der Waals surface area contributed by atoms with Gasteiger partial charge >= 0.3 is 0 Å². The first-order valence-electron chi connectivity index (χ1n) is 9.31. The number of halogens is 1. The molecule has 1 saturated carbocycles. The van der Waals surface area contributed by atoms with E-state index >= 15 is 0 Å². The average Bonchev–Trinajstić information content (AvgIpc) is 3.05. The van der Waals surface area contributed by atoms with Crippen molar-refractivity contribution in [3.8, 4) is 0 Å². The molecule has 8 radical (unpaired) electrons. The monoisotopic (exact) mass is 398 g/mol. The van der Waals surface area contributed by atoms with E-state index < -0.39 is 10.4 Å². The Morgan fingerprint density at radius 1 is 1.00 bits per heavy atom. The van der Waals surface area contributed by atoms with Gasteiger partial charge in [-0.25, -0.2) is 0 Å². The lowest BCUT2D eigenvalue weighted by Crippen LogP contribution is -2.34. The first kappa shape index (κ1) is 25.4. The van der Waals surface area contributed by atoms with Crippen molar-refractivity contribution in [2.45, 2.75) is 37.1 Å². The van der Waals surface area contributed by atoms with Crippen molar-refractivity contribution in [1.29, 1.82) is 0 Å². The largest absolute Gasteiger partial charge is 0.389 e. The lowest BCUT2D eigenvalue weighted by molar-refractivity contribution is 0.0544. The van der Waals surface area contributed by atoms with E-state index in [2.05, 4.69) is 4.90 Å². The molecular weight excluding hydrogens is 367 g/mol. The molecule has 5 nitrogen and oxygen atoms in total. The maximum absolute atomic E-state index is 6.21. The van der Waals surface area contributed by atoms with Gasteiger partial charge in [0.25, 0.3) is 0 Å². The Morgan fingerprint density at radius 3 is 1.89 bits per heavy atom. The third-order valence-corrected chi connectivity index (χ3v) is 5.81. The Kier molecular flexibility index (Phi) is 9.43. The van der Waals surface area contributed by atoms with Crippen LogP contribution in [0.1, 0.15) is 26.7 Å². The van der Waals surface area contributed by atoms with Crippen molar-refractivity contribution < 1.29 is 4.74 Å². The normalized spacial score (nSPS) is 29.1. The number of fused-ring (bicyclic) bond motifs is 1. The van der Waals surface area contributed by atoms with Gasteiger partial charge in [-0.05, 0) is 42.7 Å². The molecule has 3 aliphatic rings. The van der Waals surface area contributed by atoms with Crippen LogP contribution in [-0.4, -0.2) is 69.1 Å². The Labute approximate surface area is 180 Å². The SMILES string of the molecule is C.NC(N)=C/C=C(\N)Cl.[B]C1([B])CC([B])([B])C2CN(CC3CCOCC3)CC21. The van der Waals surface area contributed by atoms with Gasteiger partial charge in [0.05, 0.1) is 42.4 Å². The number of rotatable bonds is 3. The molecule has 0 bridgehead atoms. The minimum absolute atomic E-state index is 0. The highest BCUT2D eigenvalue weighted by atomic mass is 35.5. The molecule has 10 heteroatoms. The summed E-state index contributed by atoms with van der Waals surface area (Å²) in [6.45, 7) is 4.75. The number of hydrogen-bond acceptors (Lipinski definition) is 5. The van der Waals surface area contributed by atoms with Crippen LogP contribution in [0, 0.1) is 17.8 Å². The Hall–Kier alpha value is -0.650. The molecule has 2 saturated heterocycles. The average molecular weight is 398 g/mol. The summed E-state index contributed by atoms with van der Waals surface area (Å²) in [4.78, 5) is 2.45. The summed E-state index contributed by atoms with van der Waals surface area (Å²) in [5.41, 5.74) is 15.1. The second kappa shape index (κ2) is 10.4. The van der Waals surface area contributed by atoms with E-state index in [4.69, 9.17) is 64.9 Å². The zero-order valence-electron chi connectivity index (χ0n) is 15.8. The van der Waals surface area contributed by atoms with Crippen LogP contribution < -0.4 is 17.2 Å². The van der Waals surface area contributed by atoms with E-state index in [-0.39, 0.29) is 30.2 Å². The molecule has 1 aliphatic carbocycles. The predicted octanol–water partition coefficient (Wildman–Crippen LogP) is 0.691. The van der Waals surface area contributed by atoms with E-state index in [9.17, 15) is 0 Å². The number of likely N-dealkylation sites (tertiary alicyclic amines) is 1. The van der Waals surface area contributed by atoms with Crippen LogP contribution in [0.5, 0.6) is 0 Å². The molecular formula is C18H31B4ClN4O. The molecule has 6 N–H and O–H groups in total. The van der Waals surface area contributed by atoms with Crippen molar-refractivity contribution in [2.75, 3.05) is 32.8 Å². The zero-order valence-corrected chi connectivity index (χ0v) is 16.6. The first-order chi connectivity index (χ1) is 12.5. The summed E-state index contributed by atoms with van der Waals surface area (Å²) < 4.78 is 5.41. The number of allylic oxidation sites excluding steroid dienone is 2. The Bertz CT molecular complexity index is 522. The van der Waals surface area contributed by atoms with Crippen LogP contribution in [0.4, 0.5) is 0 Å². The molecule has 3 rings (SSSR count). The van der Waals surface area contributed by atoms with Gasteiger partial charge in [0.2, 0.25) is 0 Å². The summed E-state index contributed by atoms with van der Waals surface area (Å²) in [5, 5.41) is -1.25. The number of hydrogen-bond donors (Lipinski definition) is 3. The topological polar surface area (TPSA) is 90.5 Å². The smallest absolute Gasteiger partial charge is 0.0993 e. The summed E-state index contributed by atoms with van der Waals surface area (Å²) >= 11 is 5.21. The maximum Gasteiger partial charge on any atom is 0.0993 e. The van der Waals surface area contributed by atoms with Gasteiger partial charge in [-0.3, -0.25) is 0 Å². The van der Waals surface area contributed by atoms with Gasteiger partial charge in [-0.2, -0.15) is 0 Å². The minimum Gasteiger partial charge on any atom is -0.389 e. The van der Waals surface area contributed by atoms with Gasteiger partial charge in [0, 0.05) is 32.8 Å². The third kappa shape index (κ3) is 7.00. The van der Waals surface area contributed by atoms with E-state index in [0.29, 0.717) is 6.42 Å². The Morgan fingerprint density at radius 2 is 1.50 bits per heavy atom. The van der Waals surface area contributed by atoms with Gasteiger partial charge in [-0.1, -0.05) is 35.9 Å². The van der Waals surface area contributed by atoms with Crippen LogP contribution in [0.2, 0.25) is 10.4 Å². The van der Waals surface area contributed by atoms with E-state index in [1.54, 1.807) is 0 Å².